The summed E-state index contributed by atoms with van der Waals surface area (Å²) >= 11 is 0. The number of likely N-dealkylation sites (N-methyl/N-ethyl adjacent to an activating group) is 2. The molecule has 1 rings (SSSR count). The van der Waals surface area contributed by atoms with E-state index in [0.29, 0.717) is 6.04 Å². The van der Waals surface area contributed by atoms with Crippen molar-refractivity contribution in [2.75, 3.05) is 21.1 Å². The largest absolute Gasteiger partial charge is 0.347 e. The van der Waals surface area contributed by atoms with Crippen molar-refractivity contribution >= 4 is 5.91 Å². The summed E-state index contributed by atoms with van der Waals surface area (Å²) in [4.78, 5) is 15.7. The monoisotopic (exact) mass is 227 g/mol. The molecule has 3 unspecified atom stereocenters. The van der Waals surface area contributed by atoms with Crippen LogP contribution >= 0.6 is 0 Å². The van der Waals surface area contributed by atoms with Gasteiger partial charge in [0.25, 0.3) is 0 Å². The van der Waals surface area contributed by atoms with E-state index in [-0.39, 0.29) is 18.0 Å². The van der Waals surface area contributed by atoms with Crippen LogP contribution in [0.5, 0.6) is 0 Å². The van der Waals surface area contributed by atoms with Gasteiger partial charge in [-0.05, 0) is 26.8 Å². The number of nitrogens with two attached hydrogens (primary N) is 1. The van der Waals surface area contributed by atoms with Crippen molar-refractivity contribution in [2.45, 2.75) is 50.7 Å². The number of nitrogens with zero attached hydrogens (tertiary/aromatic N) is 2. The molecule has 0 radical (unpaired) electrons. The van der Waals surface area contributed by atoms with Gasteiger partial charge in [0, 0.05) is 26.2 Å². The summed E-state index contributed by atoms with van der Waals surface area (Å²) in [6, 6.07) is 0.493. The average molecular weight is 227 g/mol. The number of hydrogen-bond acceptors (Lipinski definition) is 3. The molecule has 0 aromatic heterocycles. The van der Waals surface area contributed by atoms with Crippen LogP contribution in [0.1, 0.15) is 32.6 Å². The first kappa shape index (κ1) is 13.5. The predicted octanol–water partition coefficient (Wildman–Crippen LogP) is 0.665. The molecule has 3 atom stereocenters. The van der Waals surface area contributed by atoms with Gasteiger partial charge in [0.1, 0.15) is 0 Å². The molecular formula is C12H25N3O. The van der Waals surface area contributed by atoms with Gasteiger partial charge in [0.15, 0.2) is 0 Å². The molecule has 94 valence electrons. The SMILES string of the molecule is CC(C(=O)N(C)C)N(C)C1CCCCC1N. The van der Waals surface area contributed by atoms with Crippen molar-refractivity contribution in [3.05, 3.63) is 0 Å². The van der Waals surface area contributed by atoms with Crippen LogP contribution in [0.4, 0.5) is 0 Å². The normalized spacial score (nSPS) is 27.9. The van der Waals surface area contributed by atoms with Crippen LogP contribution < -0.4 is 5.73 Å². The van der Waals surface area contributed by atoms with Gasteiger partial charge in [-0.1, -0.05) is 12.8 Å². The highest BCUT2D eigenvalue weighted by molar-refractivity contribution is 5.80. The van der Waals surface area contributed by atoms with E-state index in [9.17, 15) is 4.79 Å². The Morgan fingerprint density at radius 3 is 2.31 bits per heavy atom. The highest BCUT2D eigenvalue weighted by Crippen LogP contribution is 2.22. The quantitative estimate of drug-likeness (QED) is 0.771. The van der Waals surface area contributed by atoms with Crippen LogP contribution in [0, 0.1) is 0 Å². The van der Waals surface area contributed by atoms with E-state index in [1.165, 1.54) is 12.8 Å². The molecular weight excluding hydrogens is 202 g/mol. The highest BCUT2D eigenvalue weighted by atomic mass is 16.2. The summed E-state index contributed by atoms with van der Waals surface area (Å²) in [6.07, 6.45) is 4.65. The number of carbonyl (C=O) groups excluding carboxylic acids is 1. The van der Waals surface area contributed by atoms with E-state index in [0.717, 1.165) is 12.8 Å². The molecule has 1 aliphatic carbocycles. The number of carbonyl (C=O) groups is 1. The van der Waals surface area contributed by atoms with Gasteiger partial charge in [0.05, 0.1) is 6.04 Å². The average Bonchev–Trinajstić information content (AvgIpc) is 2.26. The zero-order valence-electron chi connectivity index (χ0n) is 10.9. The molecule has 1 aliphatic rings. The summed E-state index contributed by atoms with van der Waals surface area (Å²) < 4.78 is 0. The molecule has 0 aromatic rings. The van der Waals surface area contributed by atoms with E-state index in [1.54, 1.807) is 19.0 Å². The Hall–Kier alpha value is -0.610. The van der Waals surface area contributed by atoms with E-state index in [2.05, 4.69) is 4.90 Å². The summed E-state index contributed by atoms with van der Waals surface area (Å²) in [5, 5.41) is 0. The summed E-state index contributed by atoms with van der Waals surface area (Å²) in [5.41, 5.74) is 6.13. The second-order valence-electron chi connectivity index (χ2n) is 5.09. The van der Waals surface area contributed by atoms with Gasteiger partial charge in [-0.2, -0.15) is 0 Å². The second kappa shape index (κ2) is 5.64. The molecule has 0 saturated heterocycles. The summed E-state index contributed by atoms with van der Waals surface area (Å²) in [5.74, 6) is 0.153. The van der Waals surface area contributed by atoms with Gasteiger partial charge in [-0.3, -0.25) is 9.69 Å². The maximum absolute atomic E-state index is 11.9. The van der Waals surface area contributed by atoms with E-state index in [1.807, 2.05) is 14.0 Å². The van der Waals surface area contributed by atoms with Gasteiger partial charge < -0.3 is 10.6 Å². The minimum Gasteiger partial charge on any atom is -0.347 e. The number of rotatable bonds is 3. The lowest BCUT2D eigenvalue weighted by Crippen LogP contribution is -2.54. The second-order valence-corrected chi connectivity index (χ2v) is 5.09. The van der Waals surface area contributed by atoms with Crippen molar-refractivity contribution in [3.8, 4) is 0 Å². The van der Waals surface area contributed by atoms with E-state index >= 15 is 0 Å². The fraction of sp³-hybridized carbons (Fsp3) is 0.917. The maximum atomic E-state index is 11.9. The molecule has 1 saturated carbocycles. The molecule has 16 heavy (non-hydrogen) atoms. The predicted molar refractivity (Wildman–Crippen MR) is 66.2 cm³/mol. The zero-order valence-corrected chi connectivity index (χ0v) is 10.9. The Bertz CT molecular complexity index is 242. The Kier molecular flexibility index (Phi) is 4.74. The van der Waals surface area contributed by atoms with Crippen molar-refractivity contribution in [2.24, 2.45) is 5.73 Å². The van der Waals surface area contributed by atoms with Crippen molar-refractivity contribution < 1.29 is 4.79 Å². The maximum Gasteiger partial charge on any atom is 0.239 e. The van der Waals surface area contributed by atoms with Crippen LogP contribution in [-0.4, -0.2) is 55.0 Å². The van der Waals surface area contributed by atoms with Crippen molar-refractivity contribution in [1.82, 2.24) is 9.80 Å². The van der Waals surface area contributed by atoms with Crippen LogP contribution in [0.25, 0.3) is 0 Å². The highest BCUT2D eigenvalue weighted by Gasteiger charge is 2.31. The molecule has 1 fully saturated rings. The third kappa shape index (κ3) is 2.95. The molecule has 0 bridgehead atoms. The fourth-order valence-corrected chi connectivity index (χ4v) is 2.48. The van der Waals surface area contributed by atoms with Gasteiger partial charge in [-0.25, -0.2) is 0 Å². The summed E-state index contributed by atoms with van der Waals surface area (Å²) in [6.45, 7) is 1.96. The lowest BCUT2D eigenvalue weighted by atomic mass is 9.89. The Morgan fingerprint density at radius 1 is 1.25 bits per heavy atom. The van der Waals surface area contributed by atoms with Crippen molar-refractivity contribution in [3.63, 3.8) is 0 Å². The van der Waals surface area contributed by atoms with E-state index < -0.39 is 0 Å². The molecule has 4 nitrogen and oxygen atoms in total. The van der Waals surface area contributed by atoms with Gasteiger partial charge in [0.2, 0.25) is 5.91 Å². The number of hydrogen-bond donors (Lipinski definition) is 1. The lowest BCUT2D eigenvalue weighted by Gasteiger charge is -2.39. The molecule has 0 heterocycles. The molecule has 0 spiro atoms. The third-order valence-corrected chi connectivity index (χ3v) is 3.71. The minimum atomic E-state index is -0.0795. The molecule has 2 N–H and O–H groups in total. The van der Waals surface area contributed by atoms with Crippen LogP contribution in [0.2, 0.25) is 0 Å². The molecule has 0 aromatic carbocycles. The first-order valence-electron chi connectivity index (χ1n) is 6.13. The zero-order chi connectivity index (χ0) is 12.3. The number of amides is 1. The Labute approximate surface area is 98.8 Å². The lowest BCUT2D eigenvalue weighted by molar-refractivity contribution is -0.134. The first-order chi connectivity index (χ1) is 7.45. The molecule has 0 aliphatic heterocycles. The Balaban J connectivity index is 2.61. The van der Waals surface area contributed by atoms with Gasteiger partial charge in [-0.15, -0.1) is 0 Å². The molecule has 1 amide bonds. The van der Waals surface area contributed by atoms with Crippen LogP contribution in [0.15, 0.2) is 0 Å². The van der Waals surface area contributed by atoms with E-state index in [4.69, 9.17) is 5.73 Å². The van der Waals surface area contributed by atoms with Gasteiger partial charge >= 0.3 is 0 Å². The fourth-order valence-electron chi connectivity index (χ4n) is 2.48. The first-order valence-corrected chi connectivity index (χ1v) is 6.13. The van der Waals surface area contributed by atoms with Crippen LogP contribution in [-0.2, 0) is 4.79 Å². The smallest absolute Gasteiger partial charge is 0.239 e. The Morgan fingerprint density at radius 2 is 1.81 bits per heavy atom. The minimum absolute atomic E-state index is 0.0795. The molecule has 4 heteroatoms. The standard InChI is InChI=1S/C12H25N3O/c1-9(12(16)14(2)3)15(4)11-8-6-5-7-10(11)13/h9-11H,5-8,13H2,1-4H3. The third-order valence-electron chi connectivity index (χ3n) is 3.71. The van der Waals surface area contributed by atoms with Crippen molar-refractivity contribution in [1.29, 1.82) is 0 Å². The summed E-state index contributed by atoms with van der Waals surface area (Å²) in [7, 11) is 5.61. The topological polar surface area (TPSA) is 49.6 Å². The van der Waals surface area contributed by atoms with Crippen LogP contribution in [0.3, 0.4) is 0 Å².